The summed E-state index contributed by atoms with van der Waals surface area (Å²) >= 11 is 11.9. The average molecular weight is 290 g/mol. The molecular weight excluding hydrogens is 273 g/mol. The van der Waals surface area contributed by atoms with Crippen LogP contribution in [0.25, 0.3) is 0 Å². The highest BCUT2D eigenvalue weighted by Gasteiger charge is 2.38. The van der Waals surface area contributed by atoms with Crippen LogP contribution in [0.3, 0.4) is 0 Å². The van der Waals surface area contributed by atoms with Gasteiger partial charge in [-0.05, 0) is 24.6 Å². The Morgan fingerprint density at radius 1 is 1.50 bits per heavy atom. The van der Waals surface area contributed by atoms with E-state index in [0.29, 0.717) is 36.2 Å². The first kappa shape index (κ1) is 14.1. The zero-order chi connectivity index (χ0) is 13.2. The molecule has 2 rings (SSSR count). The number of hydrogen-bond acceptors (Lipinski definition) is 3. The second-order valence-corrected chi connectivity index (χ2v) is 5.55. The maximum absolute atomic E-state index is 10.3. The predicted octanol–water partition coefficient (Wildman–Crippen LogP) is 2.62. The minimum absolute atomic E-state index is 0.134. The lowest BCUT2D eigenvalue weighted by atomic mass is 9.96. The molecule has 5 heteroatoms. The summed E-state index contributed by atoms with van der Waals surface area (Å²) in [6, 6.07) is 5.41. The van der Waals surface area contributed by atoms with Gasteiger partial charge in [-0.25, -0.2) is 0 Å². The fraction of sp³-hybridized carbons (Fsp3) is 0.538. The zero-order valence-electron chi connectivity index (χ0n) is 10.2. The molecule has 0 radical (unpaired) electrons. The summed E-state index contributed by atoms with van der Waals surface area (Å²) in [5.41, 5.74) is 0.190. The van der Waals surface area contributed by atoms with Crippen LogP contribution < -0.4 is 5.32 Å². The summed E-state index contributed by atoms with van der Waals surface area (Å²) in [6.45, 7) is 3.60. The lowest BCUT2D eigenvalue weighted by Crippen LogP contribution is -2.45. The molecule has 18 heavy (non-hydrogen) atoms. The molecule has 1 aliphatic rings. The Morgan fingerprint density at radius 2 is 2.28 bits per heavy atom. The monoisotopic (exact) mass is 289 g/mol. The Labute approximate surface area is 117 Å². The van der Waals surface area contributed by atoms with Crippen molar-refractivity contribution in [3.05, 3.63) is 33.8 Å². The highest BCUT2D eigenvalue weighted by molar-refractivity contribution is 6.35. The number of hydrogen-bond donors (Lipinski definition) is 2. The van der Waals surface area contributed by atoms with Gasteiger partial charge in [0.15, 0.2) is 0 Å². The van der Waals surface area contributed by atoms with Gasteiger partial charge < -0.3 is 15.2 Å². The minimum Gasteiger partial charge on any atom is -0.386 e. The van der Waals surface area contributed by atoms with Crippen molar-refractivity contribution in [2.24, 2.45) is 0 Å². The van der Waals surface area contributed by atoms with E-state index in [-0.39, 0.29) is 6.10 Å². The Bertz CT molecular complexity index is 427. The predicted molar refractivity (Wildman–Crippen MR) is 73.1 cm³/mol. The average Bonchev–Trinajstić information content (AvgIpc) is 2.63. The van der Waals surface area contributed by atoms with Crippen molar-refractivity contribution < 1.29 is 9.84 Å². The smallest absolute Gasteiger partial charge is 0.105 e. The van der Waals surface area contributed by atoms with Gasteiger partial charge in [0.1, 0.15) is 5.60 Å². The SMILES string of the molecule is CC1OCCC1(O)CNCc1ccc(Cl)cc1Cl. The van der Waals surface area contributed by atoms with Crippen molar-refractivity contribution in [1.29, 1.82) is 0 Å². The molecule has 1 fully saturated rings. The number of nitrogens with one attached hydrogen (secondary N) is 1. The van der Waals surface area contributed by atoms with Crippen LogP contribution in [0.15, 0.2) is 18.2 Å². The molecule has 2 atom stereocenters. The fourth-order valence-corrected chi connectivity index (χ4v) is 2.56. The number of benzene rings is 1. The number of ether oxygens (including phenoxy) is 1. The minimum atomic E-state index is -0.779. The van der Waals surface area contributed by atoms with E-state index in [9.17, 15) is 5.11 Å². The van der Waals surface area contributed by atoms with Gasteiger partial charge in [-0.1, -0.05) is 29.3 Å². The van der Waals surface area contributed by atoms with Crippen molar-refractivity contribution >= 4 is 23.2 Å². The van der Waals surface area contributed by atoms with E-state index in [1.165, 1.54) is 0 Å². The van der Waals surface area contributed by atoms with E-state index >= 15 is 0 Å². The van der Waals surface area contributed by atoms with Crippen molar-refractivity contribution in [3.63, 3.8) is 0 Å². The van der Waals surface area contributed by atoms with Crippen LogP contribution in [0, 0.1) is 0 Å². The summed E-state index contributed by atoms with van der Waals surface area (Å²) in [5, 5.41) is 14.8. The van der Waals surface area contributed by atoms with Crippen molar-refractivity contribution in [2.75, 3.05) is 13.2 Å². The Kier molecular flexibility index (Phi) is 4.51. The largest absolute Gasteiger partial charge is 0.386 e. The molecule has 100 valence electrons. The quantitative estimate of drug-likeness (QED) is 0.895. The second-order valence-electron chi connectivity index (χ2n) is 4.71. The van der Waals surface area contributed by atoms with E-state index < -0.39 is 5.60 Å². The summed E-state index contributed by atoms with van der Waals surface area (Å²) < 4.78 is 5.38. The molecule has 0 spiro atoms. The Morgan fingerprint density at radius 3 is 2.89 bits per heavy atom. The van der Waals surface area contributed by atoms with Gasteiger partial charge in [-0.2, -0.15) is 0 Å². The first-order valence-corrected chi connectivity index (χ1v) is 6.75. The molecule has 2 N–H and O–H groups in total. The first-order valence-electron chi connectivity index (χ1n) is 6.00. The summed E-state index contributed by atoms with van der Waals surface area (Å²) in [5.74, 6) is 0. The van der Waals surface area contributed by atoms with Crippen molar-refractivity contribution in [2.45, 2.75) is 31.6 Å². The van der Waals surface area contributed by atoms with Gasteiger partial charge in [-0.3, -0.25) is 0 Å². The fourth-order valence-electron chi connectivity index (χ4n) is 2.08. The maximum Gasteiger partial charge on any atom is 0.105 e. The van der Waals surface area contributed by atoms with E-state index in [2.05, 4.69) is 5.32 Å². The van der Waals surface area contributed by atoms with Crippen LogP contribution in [0.5, 0.6) is 0 Å². The summed E-state index contributed by atoms with van der Waals surface area (Å²) in [6.07, 6.45) is 0.529. The van der Waals surface area contributed by atoms with Crippen LogP contribution in [0.1, 0.15) is 18.9 Å². The molecule has 0 bridgehead atoms. The third kappa shape index (κ3) is 3.16. The van der Waals surface area contributed by atoms with Crippen LogP contribution in [0.4, 0.5) is 0 Å². The first-order chi connectivity index (χ1) is 8.51. The number of rotatable bonds is 4. The normalized spacial score (nSPS) is 27.7. The lowest BCUT2D eigenvalue weighted by Gasteiger charge is -2.26. The van der Waals surface area contributed by atoms with Gasteiger partial charge in [0.25, 0.3) is 0 Å². The van der Waals surface area contributed by atoms with Crippen LogP contribution in [-0.4, -0.2) is 30.0 Å². The third-order valence-electron chi connectivity index (χ3n) is 3.42. The Hall–Kier alpha value is -0.320. The molecule has 1 aliphatic heterocycles. The highest BCUT2D eigenvalue weighted by Crippen LogP contribution is 2.25. The molecule has 2 unspecified atom stereocenters. The van der Waals surface area contributed by atoms with Crippen LogP contribution >= 0.6 is 23.2 Å². The van der Waals surface area contributed by atoms with E-state index in [0.717, 1.165) is 5.56 Å². The molecular formula is C13H17Cl2NO2. The Balaban J connectivity index is 1.88. The van der Waals surface area contributed by atoms with Gasteiger partial charge in [0, 0.05) is 36.2 Å². The molecule has 0 saturated carbocycles. The molecule has 1 aromatic carbocycles. The molecule has 1 aromatic rings. The van der Waals surface area contributed by atoms with Crippen LogP contribution in [-0.2, 0) is 11.3 Å². The van der Waals surface area contributed by atoms with Gasteiger partial charge in [0.2, 0.25) is 0 Å². The second kappa shape index (κ2) is 5.76. The number of halogens is 2. The molecule has 1 saturated heterocycles. The summed E-state index contributed by atoms with van der Waals surface area (Å²) in [4.78, 5) is 0. The third-order valence-corrected chi connectivity index (χ3v) is 4.01. The maximum atomic E-state index is 10.3. The van der Waals surface area contributed by atoms with Crippen molar-refractivity contribution in [1.82, 2.24) is 5.32 Å². The summed E-state index contributed by atoms with van der Waals surface area (Å²) in [7, 11) is 0. The molecule has 0 amide bonds. The van der Waals surface area contributed by atoms with Crippen molar-refractivity contribution in [3.8, 4) is 0 Å². The van der Waals surface area contributed by atoms with E-state index in [1.807, 2.05) is 13.0 Å². The molecule has 1 heterocycles. The van der Waals surface area contributed by atoms with Gasteiger partial charge in [-0.15, -0.1) is 0 Å². The van der Waals surface area contributed by atoms with Crippen LogP contribution in [0.2, 0.25) is 10.0 Å². The van der Waals surface area contributed by atoms with Gasteiger partial charge >= 0.3 is 0 Å². The standard InChI is InChI=1S/C13H17Cl2NO2/c1-9-13(17,4-5-18-9)8-16-7-10-2-3-11(14)6-12(10)15/h2-3,6,9,16-17H,4-5,7-8H2,1H3. The molecule has 3 nitrogen and oxygen atoms in total. The lowest BCUT2D eigenvalue weighted by molar-refractivity contribution is -0.0262. The van der Waals surface area contributed by atoms with E-state index in [4.69, 9.17) is 27.9 Å². The molecule has 0 aromatic heterocycles. The number of aliphatic hydroxyl groups is 1. The molecule has 0 aliphatic carbocycles. The zero-order valence-corrected chi connectivity index (χ0v) is 11.8. The van der Waals surface area contributed by atoms with E-state index in [1.54, 1.807) is 12.1 Å². The van der Waals surface area contributed by atoms with Gasteiger partial charge in [0.05, 0.1) is 6.10 Å². The highest BCUT2D eigenvalue weighted by atomic mass is 35.5. The topological polar surface area (TPSA) is 41.5 Å².